The largest absolute Gasteiger partial charge is 0.481 e. The lowest BCUT2D eigenvalue weighted by Crippen LogP contribution is -2.41. The molecule has 3 atom stereocenters. The van der Waals surface area contributed by atoms with Crippen molar-refractivity contribution in [3.05, 3.63) is 18.2 Å². The van der Waals surface area contributed by atoms with E-state index >= 15 is 0 Å². The van der Waals surface area contributed by atoms with E-state index in [9.17, 15) is 48.6 Å². The Labute approximate surface area is 383 Å². The fourth-order valence-electron chi connectivity index (χ4n) is 7.87. The molecule has 0 fully saturated rings. The maximum atomic E-state index is 13.6. The van der Waals surface area contributed by atoms with Crippen molar-refractivity contribution in [1.82, 2.24) is 15.3 Å². The molecule has 0 aliphatic heterocycles. The summed E-state index contributed by atoms with van der Waals surface area (Å²) in [6, 6.07) is -0.826. The second-order valence-electron chi connectivity index (χ2n) is 20.2. The molecule has 0 aliphatic rings. The lowest BCUT2D eigenvalue weighted by molar-refractivity contribution is -0.146. The van der Waals surface area contributed by atoms with Crippen LogP contribution in [0.4, 0.5) is 0 Å². The molecule has 0 bridgehead atoms. The van der Waals surface area contributed by atoms with Crippen LogP contribution in [0.15, 0.2) is 12.5 Å². The van der Waals surface area contributed by atoms with E-state index in [0.717, 1.165) is 25.7 Å². The first-order valence-electron chi connectivity index (χ1n) is 24.1. The van der Waals surface area contributed by atoms with Gasteiger partial charge < -0.3 is 26.2 Å². The molecular formula is C50H84N4O10. The number of aromatic nitrogens is 2. The van der Waals surface area contributed by atoms with Crippen molar-refractivity contribution in [3.8, 4) is 0 Å². The lowest BCUT2D eigenvalue weighted by atomic mass is 9.69. The number of hydrogen-bond donors (Lipinski definition) is 5. The summed E-state index contributed by atoms with van der Waals surface area (Å²) in [4.78, 5) is 109. The standard InChI is InChI=1S/C50H84N4O10/c1-8-9-10-11-12-13-14-15-16-17-18-19-20-24-39(55)28-37(47(63)64)25-26-45(60)53-27-22-21-23-36(46(61)62)29-42(57)49(4,5)32-44(59)50(6,7)33-43(58)48(2,3)31-41(56)40(51)30-38-34-52-35-54-38/h34-37,40H,8-33,51H2,1-7H3,(H,52,54)(H,53,60)(H,61,62)(H,63,64)/t36-,37-,40+/m1/s1. The average Bonchev–Trinajstić information content (AvgIpc) is 3.72. The van der Waals surface area contributed by atoms with E-state index in [1.165, 1.54) is 64.1 Å². The van der Waals surface area contributed by atoms with Crippen molar-refractivity contribution < 1.29 is 48.6 Å². The van der Waals surface area contributed by atoms with Gasteiger partial charge in [0.2, 0.25) is 5.91 Å². The van der Waals surface area contributed by atoms with Gasteiger partial charge >= 0.3 is 11.9 Å². The van der Waals surface area contributed by atoms with Crippen molar-refractivity contribution in [1.29, 1.82) is 0 Å². The summed E-state index contributed by atoms with van der Waals surface area (Å²) in [5.74, 6) is -5.91. The summed E-state index contributed by atoms with van der Waals surface area (Å²) in [5, 5.41) is 22.3. The number of unbranched alkanes of at least 4 members (excludes halogenated alkanes) is 13. The van der Waals surface area contributed by atoms with Crippen LogP contribution in [-0.4, -0.2) is 79.5 Å². The van der Waals surface area contributed by atoms with Crippen LogP contribution in [0.2, 0.25) is 0 Å². The Balaban J connectivity index is 2.43. The van der Waals surface area contributed by atoms with E-state index in [1.807, 2.05) is 0 Å². The first-order chi connectivity index (χ1) is 30.0. The fourth-order valence-corrected chi connectivity index (χ4v) is 7.87. The number of aliphatic carboxylic acids is 2. The molecule has 1 amide bonds. The molecule has 0 saturated heterocycles. The highest BCUT2D eigenvalue weighted by molar-refractivity contribution is 5.98. The first kappa shape index (κ1) is 57.9. The van der Waals surface area contributed by atoms with E-state index in [1.54, 1.807) is 47.7 Å². The minimum absolute atomic E-state index is 0.0441. The number of nitrogens with one attached hydrogen (secondary N) is 2. The van der Waals surface area contributed by atoms with Gasteiger partial charge in [0.25, 0.3) is 0 Å². The highest BCUT2D eigenvalue weighted by Gasteiger charge is 2.42. The summed E-state index contributed by atoms with van der Waals surface area (Å²) in [6.45, 7) is 12.2. The van der Waals surface area contributed by atoms with Gasteiger partial charge in [-0.3, -0.25) is 38.4 Å². The number of imidazole rings is 1. The zero-order valence-electron chi connectivity index (χ0n) is 40.5. The number of carbonyl (C=O) groups is 8. The van der Waals surface area contributed by atoms with E-state index < -0.39 is 51.8 Å². The topological polar surface area (TPSA) is 244 Å². The highest BCUT2D eigenvalue weighted by atomic mass is 16.4. The Morgan fingerprint density at radius 3 is 1.61 bits per heavy atom. The first-order valence-corrected chi connectivity index (χ1v) is 24.1. The van der Waals surface area contributed by atoms with Crippen LogP contribution in [0, 0.1) is 28.1 Å². The number of nitrogens with two attached hydrogens (primary N) is 1. The maximum absolute atomic E-state index is 13.6. The molecular weight excluding hydrogens is 817 g/mol. The zero-order chi connectivity index (χ0) is 48.3. The third-order valence-electron chi connectivity index (χ3n) is 12.7. The van der Waals surface area contributed by atoms with Crippen LogP contribution in [0.5, 0.6) is 0 Å². The third-order valence-corrected chi connectivity index (χ3v) is 12.7. The van der Waals surface area contributed by atoms with Crippen LogP contribution in [-0.2, 0) is 44.8 Å². The van der Waals surface area contributed by atoms with Crippen LogP contribution in [0.1, 0.15) is 208 Å². The number of hydrogen-bond acceptors (Lipinski definition) is 10. The van der Waals surface area contributed by atoms with Gasteiger partial charge in [0.1, 0.15) is 23.1 Å². The molecule has 1 aromatic rings. The van der Waals surface area contributed by atoms with Gasteiger partial charge in [0.05, 0.1) is 24.2 Å². The van der Waals surface area contributed by atoms with Crippen molar-refractivity contribution in [3.63, 3.8) is 0 Å². The second-order valence-corrected chi connectivity index (χ2v) is 20.2. The highest BCUT2D eigenvalue weighted by Crippen LogP contribution is 2.36. The van der Waals surface area contributed by atoms with Crippen molar-refractivity contribution in [2.45, 2.75) is 215 Å². The monoisotopic (exact) mass is 901 g/mol. The van der Waals surface area contributed by atoms with Crippen LogP contribution < -0.4 is 11.1 Å². The maximum Gasteiger partial charge on any atom is 0.306 e. The molecule has 14 heteroatoms. The SMILES string of the molecule is CCCCCCCCCCCCCCCC(=O)C[C@@H](CCC(=O)NCCCC[C@H](CC(=O)C(C)(C)CC(=O)C(C)(C)CC(=O)C(C)(C)CC(=O)[C@@H](N)Cc1cnc[nH]1)C(=O)O)C(=O)O. The Morgan fingerprint density at radius 2 is 1.11 bits per heavy atom. The van der Waals surface area contributed by atoms with Gasteiger partial charge in [0, 0.05) is 86.0 Å². The van der Waals surface area contributed by atoms with Gasteiger partial charge in [-0.25, -0.2) is 4.98 Å². The Morgan fingerprint density at radius 1 is 0.625 bits per heavy atom. The molecule has 0 unspecified atom stereocenters. The number of carboxylic acids is 2. The van der Waals surface area contributed by atoms with Gasteiger partial charge in [-0.1, -0.05) is 132 Å². The summed E-state index contributed by atoms with van der Waals surface area (Å²) in [6.07, 6.45) is 19.4. The Bertz CT molecular complexity index is 1620. The number of amides is 1. The molecule has 364 valence electrons. The summed E-state index contributed by atoms with van der Waals surface area (Å²) >= 11 is 0. The minimum Gasteiger partial charge on any atom is -0.481 e. The number of rotatable bonds is 40. The Kier molecular flexibility index (Phi) is 27.3. The molecule has 14 nitrogen and oxygen atoms in total. The zero-order valence-corrected chi connectivity index (χ0v) is 40.5. The van der Waals surface area contributed by atoms with Crippen LogP contribution in [0.3, 0.4) is 0 Å². The van der Waals surface area contributed by atoms with Crippen LogP contribution >= 0.6 is 0 Å². The predicted molar refractivity (Wildman–Crippen MR) is 248 cm³/mol. The minimum atomic E-state index is -1.20. The molecule has 64 heavy (non-hydrogen) atoms. The van der Waals surface area contributed by atoms with E-state index in [0.29, 0.717) is 25.0 Å². The molecule has 0 saturated carbocycles. The number of carboxylic acid groups (broad SMARTS) is 2. The van der Waals surface area contributed by atoms with Crippen molar-refractivity contribution in [2.75, 3.05) is 6.54 Å². The van der Waals surface area contributed by atoms with Gasteiger partial charge in [-0.15, -0.1) is 0 Å². The molecule has 1 rings (SSSR count). The molecule has 0 aliphatic carbocycles. The molecule has 0 radical (unpaired) electrons. The summed E-state index contributed by atoms with van der Waals surface area (Å²) in [7, 11) is 0. The van der Waals surface area contributed by atoms with E-state index in [-0.39, 0.29) is 93.4 Å². The van der Waals surface area contributed by atoms with Gasteiger partial charge in [0.15, 0.2) is 5.78 Å². The van der Waals surface area contributed by atoms with Gasteiger partial charge in [-0.2, -0.15) is 0 Å². The second kappa shape index (κ2) is 30.2. The number of carbonyl (C=O) groups excluding carboxylic acids is 6. The number of aromatic amines is 1. The molecule has 1 heterocycles. The number of H-pyrrole nitrogens is 1. The number of nitrogens with zero attached hydrogens (tertiary/aromatic N) is 1. The molecule has 0 aromatic carbocycles. The van der Waals surface area contributed by atoms with Gasteiger partial charge in [-0.05, 0) is 25.7 Å². The lowest BCUT2D eigenvalue weighted by Gasteiger charge is -2.32. The quantitative estimate of drug-likeness (QED) is 0.0387. The molecule has 1 aromatic heterocycles. The van der Waals surface area contributed by atoms with E-state index in [2.05, 4.69) is 22.2 Å². The summed E-state index contributed by atoms with van der Waals surface area (Å²) < 4.78 is 0. The summed E-state index contributed by atoms with van der Waals surface area (Å²) in [5.41, 5.74) is 3.36. The Hall–Kier alpha value is -4.07. The van der Waals surface area contributed by atoms with Crippen molar-refractivity contribution >= 4 is 46.8 Å². The molecule has 6 N–H and O–H groups in total. The number of Topliss-reactive ketones (excluding diaryl/α,β-unsaturated/α-hetero) is 5. The average molecular weight is 901 g/mol. The van der Waals surface area contributed by atoms with E-state index in [4.69, 9.17) is 5.73 Å². The normalized spacial score (nSPS) is 13.5. The number of ketones is 5. The van der Waals surface area contributed by atoms with Crippen LogP contribution in [0.25, 0.3) is 0 Å². The third kappa shape index (κ3) is 24.3. The predicted octanol–water partition coefficient (Wildman–Crippen LogP) is 9.10. The van der Waals surface area contributed by atoms with Crippen molar-refractivity contribution in [2.24, 2.45) is 33.8 Å². The smallest absolute Gasteiger partial charge is 0.306 e. The molecule has 0 spiro atoms. The fraction of sp³-hybridized carbons (Fsp3) is 0.780.